The van der Waals surface area contributed by atoms with E-state index in [2.05, 4.69) is 0 Å². The van der Waals surface area contributed by atoms with Crippen molar-refractivity contribution >= 4 is 29.4 Å². The number of phenolic OH excluding ortho intramolecular Hbond substituents is 7. The van der Waals surface area contributed by atoms with Gasteiger partial charge in [0.15, 0.2) is 34.5 Å². The molecule has 45 heavy (non-hydrogen) atoms. The largest absolute Gasteiger partial charge is 0.508 e. The van der Waals surface area contributed by atoms with E-state index in [-0.39, 0.29) is 5.75 Å². The molecule has 0 aliphatic heterocycles. The third-order valence-electron chi connectivity index (χ3n) is 6.41. The summed E-state index contributed by atoms with van der Waals surface area (Å²) in [6.07, 6.45) is -6.04. The van der Waals surface area contributed by atoms with Crippen molar-refractivity contribution in [1.29, 1.82) is 0 Å². The number of benzene rings is 3. The lowest BCUT2D eigenvalue weighted by Crippen LogP contribution is -2.64. The van der Waals surface area contributed by atoms with Crippen LogP contribution in [-0.4, -0.2) is 110 Å². The number of aliphatic hydroxyl groups excluding tert-OH is 3. The molecule has 0 fully saturated rings. The second kappa shape index (κ2) is 13.3. The molecule has 0 saturated heterocycles. The van der Waals surface area contributed by atoms with Crippen LogP contribution >= 0.6 is 0 Å². The van der Waals surface area contributed by atoms with Gasteiger partial charge in [-0.05, 0) is 48.0 Å². The lowest BCUT2D eigenvalue weighted by molar-refractivity contribution is -0.164. The zero-order valence-electron chi connectivity index (χ0n) is 22.7. The van der Waals surface area contributed by atoms with E-state index in [9.17, 15) is 75.3 Å². The number of hydrogen-bond acceptors (Lipinski definition) is 16. The topological polar surface area (TPSA) is 300 Å². The minimum absolute atomic E-state index is 0.0395. The van der Waals surface area contributed by atoms with Crippen LogP contribution in [0.5, 0.6) is 40.2 Å². The van der Waals surface area contributed by atoms with Crippen molar-refractivity contribution in [3.05, 3.63) is 71.3 Å². The molecule has 0 saturated carbocycles. The Balaban J connectivity index is 1.93. The molecule has 0 unspecified atom stereocenters. The van der Waals surface area contributed by atoms with Crippen LogP contribution in [0, 0.1) is 0 Å². The van der Waals surface area contributed by atoms with E-state index in [4.69, 9.17) is 4.74 Å². The summed E-state index contributed by atoms with van der Waals surface area (Å²) in [6, 6.07) is 7.26. The fraction of sp³-hybridized carbons (Fsp3) is 0.172. The number of ketones is 3. The monoisotopic (exact) mass is 630 g/mol. The fourth-order valence-corrected chi connectivity index (χ4v) is 3.89. The van der Waals surface area contributed by atoms with Gasteiger partial charge in [-0.2, -0.15) is 0 Å². The highest BCUT2D eigenvalue weighted by molar-refractivity contribution is 6.51. The predicted octanol–water partition coefficient (Wildman–Crippen LogP) is -0.669. The molecular weight excluding hydrogens is 604 g/mol. The van der Waals surface area contributed by atoms with Crippen LogP contribution < -0.4 is 0 Å². The number of phenols is 7. The summed E-state index contributed by atoms with van der Waals surface area (Å²) in [6.45, 7) is -1.11. The van der Waals surface area contributed by atoms with E-state index in [0.29, 0.717) is 29.8 Å². The van der Waals surface area contributed by atoms with Gasteiger partial charge in [0.2, 0.25) is 23.0 Å². The molecule has 0 aliphatic carbocycles. The van der Waals surface area contributed by atoms with E-state index in [1.165, 1.54) is 30.3 Å². The first-order chi connectivity index (χ1) is 21.0. The molecule has 0 amide bonds. The van der Waals surface area contributed by atoms with E-state index < -0.39 is 99.5 Å². The number of aliphatic hydroxyl groups is 4. The molecule has 238 valence electrons. The number of Topliss-reactive ketones (excluding diaryl/α,β-unsaturated/α-hetero) is 3. The summed E-state index contributed by atoms with van der Waals surface area (Å²) in [4.78, 5) is 51.8. The third kappa shape index (κ3) is 7.11. The van der Waals surface area contributed by atoms with Gasteiger partial charge in [-0.3, -0.25) is 14.4 Å². The van der Waals surface area contributed by atoms with Crippen LogP contribution in [0.2, 0.25) is 0 Å². The maximum absolute atomic E-state index is 13.4. The Bertz CT molecular complexity index is 1620. The molecule has 11 N–H and O–H groups in total. The number of esters is 1. The van der Waals surface area contributed by atoms with Gasteiger partial charge in [0, 0.05) is 17.2 Å². The Labute approximate surface area is 251 Å². The average Bonchev–Trinajstić information content (AvgIpc) is 3.01. The highest BCUT2D eigenvalue weighted by Gasteiger charge is 2.56. The van der Waals surface area contributed by atoms with Crippen molar-refractivity contribution in [3.63, 3.8) is 0 Å². The highest BCUT2D eigenvalue weighted by Crippen LogP contribution is 2.38. The Morgan fingerprint density at radius 2 is 1.20 bits per heavy atom. The zero-order valence-corrected chi connectivity index (χ0v) is 22.7. The Kier molecular flexibility index (Phi) is 10.0. The summed E-state index contributed by atoms with van der Waals surface area (Å²) < 4.78 is 4.75. The summed E-state index contributed by atoms with van der Waals surface area (Å²) in [5, 5.41) is 111. The standard InChI is InChI=1S/C29H26O16/c30-15-4-1-12(2-5-15)3-6-21(36)45-11-20(35)25(40)28(43)29(44,26(41)14-9-18(33)24(39)19(34)10-14)27(42)22(37)13-7-16(31)23(38)17(32)8-13/h1-10,20,25,28,30-35,38-40,43-44H,11H2/b6-3+/t20-,25-,28+,29+/m1/s1. The van der Waals surface area contributed by atoms with Crippen LogP contribution in [0.25, 0.3) is 6.08 Å². The quantitative estimate of drug-likeness (QED) is 0.0295. The number of rotatable bonds is 12. The van der Waals surface area contributed by atoms with Crippen molar-refractivity contribution in [2.24, 2.45) is 0 Å². The second-order valence-electron chi connectivity index (χ2n) is 9.54. The zero-order chi connectivity index (χ0) is 33.8. The molecule has 3 aromatic carbocycles. The molecule has 0 radical (unpaired) electrons. The fourth-order valence-electron chi connectivity index (χ4n) is 3.89. The van der Waals surface area contributed by atoms with Crippen molar-refractivity contribution in [3.8, 4) is 40.2 Å². The smallest absolute Gasteiger partial charge is 0.330 e. The summed E-state index contributed by atoms with van der Waals surface area (Å²) in [5.41, 5.74) is -5.55. The summed E-state index contributed by atoms with van der Waals surface area (Å²) >= 11 is 0. The molecule has 0 aliphatic rings. The summed E-state index contributed by atoms with van der Waals surface area (Å²) in [5.74, 6) is -14.0. The first kappa shape index (κ1) is 33.8. The number of ether oxygens (including phenoxy) is 1. The number of carbonyl (C=O) groups is 4. The van der Waals surface area contributed by atoms with Gasteiger partial charge in [0.05, 0.1) is 0 Å². The van der Waals surface area contributed by atoms with Crippen molar-refractivity contribution < 1.29 is 80.1 Å². The highest BCUT2D eigenvalue weighted by atomic mass is 16.5. The van der Waals surface area contributed by atoms with Gasteiger partial charge in [-0.1, -0.05) is 12.1 Å². The molecule has 16 nitrogen and oxygen atoms in total. The number of aromatic hydroxyl groups is 7. The number of carbonyl (C=O) groups excluding carboxylic acids is 4. The van der Waals surface area contributed by atoms with E-state index >= 15 is 0 Å². The molecule has 0 heterocycles. The van der Waals surface area contributed by atoms with E-state index in [1.54, 1.807) is 0 Å². The lowest BCUT2D eigenvalue weighted by Gasteiger charge is -2.34. The maximum atomic E-state index is 13.4. The molecule has 0 aromatic heterocycles. The SMILES string of the molecule is O=C(/C=C/c1ccc(O)cc1)OC[C@@H](O)[C@@H](O)[C@H](O)[C@@](O)(C(=O)C(=O)c1cc(O)c(O)c(O)c1)C(=O)c1cc(O)c(O)c(O)c1. The molecule has 0 spiro atoms. The Morgan fingerprint density at radius 1 is 0.733 bits per heavy atom. The van der Waals surface area contributed by atoms with Crippen molar-refractivity contribution in [1.82, 2.24) is 0 Å². The summed E-state index contributed by atoms with van der Waals surface area (Å²) in [7, 11) is 0. The minimum Gasteiger partial charge on any atom is -0.508 e. The van der Waals surface area contributed by atoms with Gasteiger partial charge in [-0.25, -0.2) is 4.79 Å². The molecule has 0 bridgehead atoms. The van der Waals surface area contributed by atoms with Crippen LogP contribution in [0.15, 0.2) is 54.6 Å². The van der Waals surface area contributed by atoms with Gasteiger partial charge < -0.3 is 60.9 Å². The number of hydrogen-bond donors (Lipinski definition) is 11. The third-order valence-corrected chi connectivity index (χ3v) is 6.41. The lowest BCUT2D eigenvalue weighted by atomic mass is 9.78. The molecule has 4 atom stereocenters. The first-order valence-electron chi connectivity index (χ1n) is 12.5. The van der Waals surface area contributed by atoms with Crippen molar-refractivity contribution in [2.45, 2.75) is 23.9 Å². The van der Waals surface area contributed by atoms with Crippen LogP contribution in [0.1, 0.15) is 26.3 Å². The molecule has 3 aromatic rings. The normalized spacial score (nSPS) is 14.7. The van der Waals surface area contributed by atoms with Gasteiger partial charge in [-0.15, -0.1) is 0 Å². The first-order valence-corrected chi connectivity index (χ1v) is 12.5. The Morgan fingerprint density at radius 3 is 1.69 bits per heavy atom. The Hall–Kier alpha value is -5.68. The minimum atomic E-state index is -4.06. The molecule has 16 heteroatoms. The van der Waals surface area contributed by atoms with Gasteiger partial charge >= 0.3 is 5.97 Å². The van der Waals surface area contributed by atoms with Gasteiger partial charge in [0.25, 0.3) is 0 Å². The van der Waals surface area contributed by atoms with Crippen LogP contribution in [0.3, 0.4) is 0 Å². The van der Waals surface area contributed by atoms with E-state index in [0.717, 1.165) is 6.08 Å². The van der Waals surface area contributed by atoms with Gasteiger partial charge in [0.1, 0.15) is 30.7 Å². The molecule has 3 rings (SSSR count). The predicted molar refractivity (Wildman–Crippen MR) is 148 cm³/mol. The maximum Gasteiger partial charge on any atom is 0.330 e. The van der Waals surface area contributed by atoms with E-state index in [1.807, 2.05) is 0 Å². The molecular formula is C29H26O16. The van der Waals surface area contributed by atoms with Crippen molar-refractivity contribution in [2.75, 3.05) is 6.61 Å². The van der Waals surface area contributed by atoms with Crippen LogP contribution in [-0.2, 0) is 14.3 Å². The van der Waals surface area contributed by atoms with Crippen LogP contribution in [0.4, 0.5) is 0 Å². The average molecular weight is 631 g/mol. The second-order valence-corrected chi connectivity index (χ2v) is 9.54.